The molecule has 0 saturated heterocycles. The Morgan fingerprint density at radius 2 is 1.80 bits per heavy atom. The Bertz CT molecular complexity index is 1250. The van der Waals surface area contributed by atoms with Gasteiger partial charge in [0.25, 0.3) is 0 Å². The molecule has 228 valence electrons. The third-order valence-electron chi connectivity index (χ3n) is 10.3. The van der Waals surface area contributed by atoms with Crippen LogP contribution in [0.4, 0.5) is 5.69 Å². The van der Waals surface area contributed by atoms with E-state index in [1.807, 2.05) is 13.1 Å². The largest absolute Gasteiger partial charge is 0.462 e. The summed E-state index contributed by atoms with van der Waals surface area (Å²) in [5.41, 5.74) is 2.25. The number of fused-ring (bicyclic) bond motifs is 1. The highest BCUT2D eigenvalue weighted by Gasteiger charge is 2.58. The molecule has 2 aromatic rings. The quantitative estimate of drug-likeness (QED) is 0.161. The average Bonchev–Trinajstić information content (AvgIpc) is 3.25. The summed E-state index contributed by atoms with van der Waals surface area (Å²) in [4.78, 5) is 17.9. The van der Waals surface area contributed by atoms with Crippen LogP contribution in [-0.4, -0.2) is 56.8 Å². The van der Waals surface area contributed by atoms with E-state index in [9.17, 15) is 4.79 Å². The molecule has 0 radical (unpaired) electrons. The van der Waals surface area contributed by atoms with Crippen molar-refractivity contribution in [2.45, 2.75) is 122 Å². The fraction of sp³-hybridized carbons (Fsp3) is 0.750. The van der Waals surface area contributed by atoms with E-state index in [1.165, 1.54) is 19.3 Å². The van der Waals surface area contributed by atoms with Crippen LogP contribution in [0.25, 0.3) is 11.0 Å². The molecule has 2 atom stereocenters. The average molecular weight is 600 g/mol. The molecule has 0 spiro atoms. The lowest BCUT2D eigenvalue weighted by Gasteiger charge is -2.62. The summed E-state index contributed by atoms with van der Waals surface area (Å²) in [6.45, 7) is 22.3. The minimum absolute atomic E-state index is 0.0196. The van der Waals surface area contributed by atoms with Gasteiger partial charge in [-0.1, -0.05) is 40.4 Å². The van der Waals surface area contributed by atoms with Crippen molar-refractivity contribution in [2.75, 3.05) is 18.5 Å². The van der Waals surface area contributed by atoms with Crippen molar-refractivity contribution in [2.24, 2.45) is 17.8 Å². The van der Waals surface area contributed by atoms with Gasteiger partial charge in [0.05, 0.1) is 17.9 Å². The first kappa shape index (κ1) is 30.8. The van der Waals surface area contributed by atoms with E-state index in [0.29, 0.717) is 36.8 Å². The predicted molar refractivity (Wildman–Crippen MR) is 172 cm³/mol. The lowest BCUT2D eigenvalue weighted by molar-refractivity contribution is -0.120. The molecule has 0 aromatic carbocycles. The zero-order chi connectivity index (χ0) is 29.8. The lowest BCUT2D eigenvalue weighted by Crippen LogP contribution is -2.63. The Balaban J connectivity index is 1.40. The van der Waals surface area contributed by atoms with Crippen LogP contribution in [0.2, 0.25) is 43.8 Å². The van der Waals surface area contributed by atoms with E-state index in [-0.39, 0.29) is 16.6 Å². The summed E-state index contributed by atoms with van der Waals surface area (Å²) in [7, 11) is -3.03. The van der Waals surface area contributed by atoms with Gasteiger partial charge >= 0.3 is 5.97 Å². The molecule has 2 heterocycles. The maximum absolute atomic E-state index is 13.1. The van der Waals surface area contributed by atoms with E-state index in [2.05, 4.69) is 69.5 Å². The van der Waals surface area contributed by atoms with Gasteiger partial charge in [-0.15, -0.1) is 0 Å². The highest BCUT2D eigenvalue weighted by molar-refractivity contribution is 6.76. The van der Waals surface area contributed by atoms with Gasteiger partial charge in [-0.05, 0) is 87.0 Å². The van der Waals surface area contributed by atoms with Gasteiger partial charge in [-0.25, -0.2) is 9.78 Å². The van der Waals surface area contributed by atoms with Crippen LogP contribution in [0, 0.1) is 17.8 Å². The van der Waals surface area contributed by atoms with E-state index in [1.54, 1.807) is 6.20 Å². The topological polar surface area (TPSA) is 74.6 Å². The van der Waals surface area contributed by atoms with Crippen molar-refractivity contribution in [3.63, 3.8) is 0 Å². The Morgan fingerprint density at radius 1 is 1.12 bits per heavy atom. The highest BCUT2D eigenvalue weighted by Crippen LogP contribution is 2.59. The summed E-state index contributed by atoms with van der Waals surface area (Å²) in [6, 6.07) is 3.52. The Kier molecular flexibility index (Phi) is 8.33. The smallest absolute Gasteiger partial charge is 0.341 e. The van der Waals surface area contributed by atoms with Gasteiger partial charge in [0, 0.05) is 38.5 Å². The minimum atomic E-state index is -1.88. The third kappa shape index (κ3) is 6.33. The second kappa shape index (κ2) is 11.1. The Morgan fingerprint density at radius 3 is 2.41 bits per heavy atom. The number of pyridine rings is 1. The molecule has 6 rings (SSSR count). The number of carbonyl (C=O) groups is 1. The number of aromatic nitrogens is 2. The maximum atomic E-state index is 13.1. The van der Waals surface area contributed by atoms with Crippen molar-refractivity contribution in [3.8, 4) is 0 Å². The molecular weight excluding hydrogens is 547 g/mol. The molecule has 7 nitrogen and oxygen atoms in total. The molecule has 0 amide bonds. The third-order valence-corrected chi connectivity index (χ3v) is 16.6. The molecule has 1 N–H and O–H groups in total. The summed E-state index contributed by atoms with van der Waals surface area (Å²) < 4.78 is 20.8. The normalized spacial score (nSPS) is 27.9. The maximum Gasteiger partial charge on any atom is 0.341 e. The summed E-state index contributed by atoms with van der Waals surface area (Å²) in [5.74, 6) is 1.50. The van der Waals surface area contributed by atoms with Crippen LogP contribution in [0.1, 0.15) is 70.2 Å². The van der Waals surface area contributed by atoms with Crippen LogP contribution >= 0.6 is 0 Å². The number of carbonyl (C=O) groups excluding carboxylic acids is 1. The van der Waals surface area contributed by atoms with Crippen molar-refractivity contribution < 1.29 is 18.7 Å². The van der Waals surface area contributed by atoms with Crippen LogP contribution in [0.15, 0.2) is 18.5 Å². The molecule has 0 aliphatic heterocycles. The standard InChI is InChI=1S/C32H53N3O4Si2/c1-10-38-30(36)26-20-33-29-25(11-12-35(29)21-37-13-14-40(5,6)7)28(26)34-27-23-15-22-16-24(27)19-32(17-22,18-23)39-41(8,9)31(2,3)4/h11-12,20,22-24,27H,10,13-19,21H2,1-9H3,(H,33,34). The van der Waals surface area contributed by atoms with Crippen molar-refractivity contribution in [3.05, 3.63) is 24.0 Å². The van der Waals surface area contributed by atoms with Crippen LogP contribution in [0.5, 0.6) is 0 Å². The highest BCUT2D eigenvalue weighted by atomic mass is 28.4. The monoisotopic (exact) mass is 599 g/mol. The zero-order valence-corrected chi connectivity index (χ0v) is 28.9. The van der Waals surface area contributed by atoms with Gasteiger partial charge in [-0.3, -0.25) is 0 Å². The van der Waals surface area contributed by atoms with E-state index >= 15 is 0 Å². The molecule has 4 fully saturated rings. The number of nitrogens with zero attached hydrogens (tertiary/aromatic N) is 2. The molecule has 2 aromatic heterocycles. The van der Waals surface area contributed by atoms with Gasteiger partial charge in [0.15, 0.2) is 8.32 Å². The van der Waals surface area contributed by atoms with Gasteiger partial charge in [-0.2, -0.15) is 0 Å². The molecular formula is C32H53N3O4Si2. The number of esters is 1. The van der Waals surface area contributed by atoms with E-state index in [0.717, 1.165) is 48.1 Å². The number of nitrogens with one attached hydrogen (secondary N) is 1. The van der Waals surface area contributed by atoms with Crippen LogP contribution in [0.3, 0.4) is 0 Å². The molecule has 4 saturated carbocycles. The fourth-order valence-electron chi connectivity index (χ4n) is 7.47. The number of hydrogen-bond donors (Lipinski definition) is 1. The summed E-state index contributed by atoms with van der Waals surface area (Å²) in [5, 5.41) is 5.12. The number of hydrogen-bond acceptors (Lipinski definition) is 6. The second-order valence-corrected chi connectivity index (χ2v) is 26.2. The molecule has 9 heteroatoms. The first-order chi connectivity index (χ1) is 19.1. The van der Waals surface area contributed by atoms with Crippen LogP contribution < -0.4 is 5.32 Å². The van der Waals surface area contributed by atoms with Crippen molar-refractivity contribution in [1.82, 2.24) is 9.55 Å². The SMILES string of the molecule is CCOC(=O)c1cnc2c(ccn2COCC[Si](C)(C)C)c1NC1C2CC3CC1CC(O[Si](C)(C)C(C)(C)C)(C3)C2. The van der Waals surface area contributed by atoms with E-state index < -0.39 is 16.4 Å². The second-order valence-electron chi connectivity index (χ2n) is 15.8. The molecule has 4 aliphatic rings. The van der Waals surface area contributed by atoms with Crippen molar-refractivity contribution >= 4 is 39.1 Å². The first-order valence-electron chi connectivity index (χ1n) is 15.8. The predicted octanol–water partition coefficient (Wildman–Crippen LogP) is 7.91. The number of rotatable bonds is 11. The molecule has 2 unspecified atom stereocenters. The molecule has 4 aliphatic carbocycles. The lowest BCUT2D eigenvalue weighted by atomic mass is 9.52. The molecule has 4 bridgehead atoms. The van der Waals surface area contributed by atoms with Gasteiger partial charge in [0.2, 0.25) is 0 Å². The number of ether oxygens (including phenoxy) is 2. The summed E-state index contributed by atoms with van der Waals surface area (Å²) in [6.07, 6.45) is 9.65. The van der Waals surface area contributed by atoms with Crippen molar-refractivity contribution in [1.29, 1.82) is 0 Å². The fourth-order valence-corrected chi connectivity index (χ4v) is 9.87. The van der Waals surface area contributed by atoms with E-state index in [4.69, 9.17) is 18.9 Å². The zero-order valence-electron chi connectivity index (χ0n) is 26.9. The Labute approximate surface area is 249 Å². The minimum Gasteiger partial charge on any atom is -0.462 e. The first-order valence-corrected chi connectivity index (χ1v) is 22.4. The Hall–Kier alpha value is -1.69. The van der Waals surface area contributed by atoms with Gasteiger partial charge < -0.3 is 23.8 Å². The summed E-state index contributed by atoms with van der Waals surface area (Å²) >= 11 is 0. The van der Waals surface area contributed by atoms with Crippen LogP contribution in [-0.2, 0) is 20.6 Å². The van der Waals surface area contributed by atoms with Gasteiger partial charge in [0.1, 0.15) is 17.9 Å². The number of anilines is 1. The molecule has 41 heavy (non-hydrogen) atoms.